The van der Waals surface area contributed by atoms with Crippen LogP contribution >= 0.6 is 0 Å². The summed E-state index contributed by atoms with van der Waals surface area (Å²) in [4.78, 5) is 10.8. The zero-order chi connectivity index (χ0) is 10.1. The second-order valence-electron chi connectivity index (χ2n) is 4.07. The molecule has 2 unspecified atom stereocenters. The minimum Gasteiger partial charge on any atom is -0.481 e. The summed E-state index contributed by atoms with van der Waals surface area (Å²) in [7, 11) is 0. The number of carboxylic acid groups (broad SMARTS) is 1. The van der Waals surface area contributed by atoms with E-state index in [4.69, 9.17) is 5.11 Å². The fourth-order valence-electron chi connectivity index (χ4n) is 1.80. The summed E-state index contributed by atoms with van der Waals surface area (Å²) in [5.74, 6) is -0.685. The number of hydrogen-bond acceptors (Lipinski definition) is 1. The molecule has 0 aliphatic heterocycles. The Balaban J connectivity index is 2.60. The van der Waals surface area contributed by atoms with Crippen LogP contribution in [-0.4, -0.2) is 11.1 Å². The first-order chi connectivity index (χ1) is 6.01. The van der Waals surface area contributed by atoms with Crippen LogP contribution in [0.25, 0.3) is 0 Å². The van der Waals surface area contributed by atoms with Gasteiger partial charge in [-0.15, -0.1) is 0 Å². The maximum absolute atomic E-state index is 10.8. The summed E-state index contributed by atoms with van der Waals surface area (Å²) >= 11 is 0. The Morgan fingerprint density at radius 1 is 1.38 bits per heavy atom. The number of rotatable bonds is 3. The van der Waals surface area contributed by atoms with Crippen LogP contribution in [0, 0.1) is 17.3 Å². The van der Waals surface area contributed by atoms with Crippen LogP contribution in [0.3, 0.4) is 0 Å². The molecule has 1 rings (SSSR count). The molecule has 1 fully saturated rings. The molecule has 2 heteroatoms. The third-order valence-electron chi connectivity index (χ3n) is 2.80. The van der Waals surface area contributed by atoms with Gasteiger partial charge in [-0.05, 0) is 18.3 Å². The van der Waals surface area contributed by atoms with Crippen molar-refractivity contribution in [3.05, 3.63) is 24.3 Å². The van der Waals surface area contributed by atoms with Crippen molar-refractivity contribution >= 4 is 5.97 Å². The van der Waals surface area contributed by atoms with Gasteiger partial charge in [0.25, 0.3) is 0 Å². The van der Waals surface area contributed by atoms with E-state index in [2.05, 4.69) is 0 Å². The van der Waals surface area contributed by atoms with Crippen LogP contribution in [0.5, 0.6) is 0 Å². The van der Waals surface area contributed by atoms with Crippen molar-refractivity contribution in [1.29, 1.82) is 0 Å². The Morgan fingerprint density at radius 3 is 2.38 bits per heavy atom. The molecule has 2 atom stereocenters. The van der Waals surface area contributed by atoms with Gasteiger partial charge in [0, 0.05) is 0 Å². The molecule has 2 nitrogen and oxygen atoms in total. The van der Waals surface area contributed by atoms with Gasteiger partial charge >= 0.3 is 5.97 Å². The molecule has 0 bridgehead atoms. The van der Waals surface area contributed by atoms with Crippen molar-refractivity contribution < 1.29 is 9.90 Å². The highest BCUT2D eigenvalue weighted by atomic mass is 16.4. The maximum Gasteiger partial charge on any atom is 0.307 e. The van der Waals surface area contributed by atoms with Crippen molar-refractivity contribution in [3.8, 4) is 0 Å². The monoisotopic (exact) mass is 180 g/mol. The Hall–Kier alpha value is -1.05. The zero-order valence-corrected chi connectivity index (χ0v) is 8.32. The predicted octanol–water partition coefficient (Wildman–Crippen LogP) is 2.48. The number of hydrogen-bond donors (Lipinski definition) is 1. The lowest BCUT2D eigenvalue weighted by Gasteiger charge is -1.95. The number of carbonyl (C=O) groups is 1. The van der Waals surface area contributed by atoms with Gasteiger partial charge in [-0.3, -0.25) is 4.79 Å². The Labute approximate surface area is 79.0 Å². The summed E-state index contributed by atoms with van der Waals surface area (Å²) in [6.07, 6.45) is 7.77. The second kappa shape index (κ2) is 3.36. The smallest absolute Gasteiger partial charge is 0.307 e. The number of carboxylic acids is 1. The van der Waals surface area contributed by atoms with Crippen LogP contribution in [0.2, 0.25) is 0 Å². The van der Waals surface area contributed by atoms with Gasteiger partial charge in [0.05, 0.1) is 5.92 Å². The van der Waals surface area contributed by atoms with Gasteiger partial charge in [0.2, 0.25) is 0 Å². The van der Waals surface area contributed by atoms with Crippen LogP contribution in [-0.2, 0) is 4.79 Å². The molecule has 1 N–H and O–H groups in total. The quantitative estimate of drug-likeness (QED) is 0.677. The minimum absolute atomic E-state index is 0.0656. The van der Waals surface area contributed by atoms with E-state index in [1.54, 1.807) is 0 Å². The summed E-state index contributed by atoms with van der Waals surface area (Å²) in [5, 5.41) is 8.86. The molecule has 72 valence electrons. The van der Waals surface area contributed by atoms with Gasteiger partial charge in [-0.25, -0.2) is 0 Å². The first-order valence-corrected chi connectivity index (χ1v) is 4.54. The zero-order valence-electron chi connectivity index (χ0n) is 8.32. The molecule has 0 heterocycles. The first-order valence-electron chi connectivity index (χ1n) is 4.54. The lowest BCUT2D eigenvalue weighted by Crippen LogP contribution is -2.02. The molecule has 1 aliphatic carbocycles. The van der Waals surface area contributed by atoms with E-state index in [9.17, 15) is 4.79 Å². The highest BCUT2D eigenvalue weighted by Crippen LogP contribution is 2.58. The standard InChI is InChI=1S/C11H16O2/c1-4-5-6-7-8-9(10(12)13)11(8,2)3/h4-9H,1-3H3,(H,12,13). The van der Waals surface area contributed by atoms with Crippen molar-refractivity contribution in [2.75, 3.05) is 0 Å². The topological polar surface area (TPSA) is 37.3 Å². The fraction of sp³-hybridized carbons (Fsp3) is 0.545. The summed E-state index contributed by atoms with van der Waals surface area (Å²) < 4.78 is 0. The third-order valence-corrected chi connectivity index (χ3v) is 2.80. The molecular formula is C11H16O2. The SMILES string of the molecule is CC=CC=CC1C(C(=O)O)C1(C)C. The minimum atomic E-state index is -0.680. The molecular weight excluding hydrogens is 164 g/mol. The third kappa shape index (κ3) is 1.82. The van der Waals surface area contributed by atoms with E-state index in [0.717, 1.165) is 0 Å². The molecule has 0 spiro atoms. The van der Waals surface area contributed by atoms with Gasteiger partial charge in [0.1, 0.15) is 0 Å². The van der Waals surface area contributed by atoms with E-state index in [-0.39, 0.29) is 17.3 Å². The van der Waals surface area contributed by atoms with Crippen molar-refractivity contribution in [2.24, 2.45) is 17.3 Å². The highest BCUT2D eigenvalue weighted by Gasteiger charge is 2.60. The molecule has 0 aromatic heterocycles. The van der Waals surface area contributed by atoms with Gasteiger partial charge in [-0.1, -0.05) is 38.2 Å². The van der Waals surface area contributed by atoms with Crippen molar-refractivity contribution in [2.45, 2.75) is 20.8 Å². The maximum atomic E-state index is 10.8. The Bertz CT molecular complexity index is 261. The largest absolute Gasteiger partial charge is 0.481 e. The van der Waals surface area contributed by atoms with Gasteiger partial charge in [0.15, 0.2) is 0 Å². The van der Waals surface area contributed by atoms with E-state index in [1.165, 1.54) is 0 Å². The van der Waals surface area contributed by atoms with Crippen LogP contribution in [0.15, 0.2) is 24.3 Å². The molecule has 0 radical (unpaired) electrons. The summed E-state index contributed by atoms with van der Waals surface area (Å²) in [6, 6.07) is 0. The second-order valence-corrected chi connectivity index (χ2v) is 4.07. The average Bonchev–Trinajstić information content (AvgIpc) is 2.54. The van der Waals surface area contributed by atoms with E-state index >= 15 is 0 Å². The number of aliphatic carboxylic acids is 1. The molecule has 1 saturated carbocycles. The Kier molecular flexibility index (Phi) is 2.60. The fourth-order valence-corrected chi connectivity index (χ4v) is 1.80. The van der Waals surface area contributed by atoms with E-state index in [0.29, 0.717) is 0 Å². The van der Waals surface area contributed by atoms with Crippen molar-refractivity contribution in [3.63, 3.8) is 0 Å². The van der Waals surface area contributed by atoms with E-state index < -0.39 is 5.97 Å². The van der Waals surface area contributed by atoms with Gasteiger partial charge < -0.3 is 5.11 Å². The summed E-state index contributed by atoms with van der Waals surface area (Å²) in [6.45, 7) is 5.93. The average molecular weight is 180 g/mol. The van der Waals surface area contributed by atoms with Crippen LogP contribution in [0.1, 0.15) is 20.8 Å². The van der Waals surface area contributed by atoms with E-state index in [1.807, 2.05) is 45.1 Å². The molecule has 0 aromatic carbocycles. The lowest BCUT2D eigenvalue weighted by atomic mass is 10.1. The summed E-state index contributed by atoms with van der Waals surface area (Å²) in [5.41, 5.74) is -0.0656. The predicted molar refractivity (Wildman–Crippen MR) is 52.4 cm³/mol. The lowest BCUT2D eigenvalue weighted by molar-refractivity contribution is -0.139. The first kappa shape index (κ1) is 10.0. The molecule has 0 aromatic rings. The molecule has 0 saturated heterocycles. The molecule has 0 amide bonds. The van der Waals surface area contributed by atoms with Gasteiger partial charge in [-0.2, -0.15) is 0 Å². The highest BCUT2D eigenvalue weighted by molar-refractivity contribution is 5.76. The normalized spacial score (nSPS) is 31.3. The van der Waals surface area contributed by atoms with Crippen LogP contribution in [0.4, 0.5) is 0 Å². The Morgan fingerprint density at radius 2 is 2.00 bits per heavy atom. The van der Waals surface area contributed by atoms with Crippen molar-refractivity contribution in [1.82, 2.24) is 0 Å². The van der Waals surface area contributed by atoms with Crippen LogP contribution < -0.4 is 0 Å². The molecule has 1 aliphatic rings. The number of allylic oxidation sites excluding steroid dienone is 4. The molecule has 13 heavy (non-hydrogen) atoms.